The van der Waals surface area contributed by atoms with Crippen molar-refractivity contribution in [3.05, 3.63) is 0 Å². The number of carbonyl (C=O) groups excluding carboxylic acids is 1. The molecule has 1 rings (SSSR count). The van der Waals surface area contributed by atoms with Gasteiger partial charge in [0.2, 0.25) is 0 Å². The average molecular weight is 173 g/mol. The van der Waals surface area contributed by atoms with Gasteiger partial charge in [-0.05, 0) is 0 Å². The van der Waals surface area contributed by atoms with E-state index in [4.69, 9.17) is 4.74 Å². The maximum Gasteiger partial charge on any atom is 0.314 e. The van der Waals surface area contributed by atoms with Crippen molar-refractivity contribution in [1.82, 2.24) is 16.0 Å². The van der Waals surface area contributed by atoms with Crippen molar-refractivity contribution in [2.75, 3.05) is 33.3 Å². The van der Waals surface area contributed by atoms with E-state index in [0.29, 0.717) is 6.54 Å². The number of ether oxygens (including phenoxy) is 1. The van der Waals surface area contributed by atoms with Gasteiger partial charge in [-0.3, -0.25) is 0 Å². The largest absolute Gasteiger partial charge is 0.374 e. The third-order valence-corrected chi connectivity index (χ3v) is 1.72. The van der Waals surface area contributed by atoms with E-state index in [1.54, 1.807) is 7.05 Å². The molecular formula is C7H15N3O2. The maximum atomic E-state index is 10.8. The van der Waals surface area contributed by atoms with Crippen LogP contribution in [0.15, 0.2) is 0 Å². The number of carbonyl (C=O) groups is 1. The first-order valence-corrected chi connectivity index (χ1v) is 4.11. The van der Waals surface area contributed by atoms with Crippen molar-refractivity contribution in [3.63, 3.8) is 0 Å². The van der Waals surface area contributed by atoms with Crippen LogP contribution < -0.4 is 16.0 Å². The first kappa shape index (κ1) is 9.28. The van der Waals surface area contributed by atoms with Crippen molar-refractivity contribution in [3.8, 4) is 0 Å². The number of nitrogens with one attached hydrogen (secondary N) is 3. The van der Waals surface area contributed by atoms with E-state index in [-0.39, 0.29) is 12.1 Å². The van der Waals surface area contributed by atoms with E-state index in [9.17, 15) is 4.79 Å². The summed E-state index contributed by atoms with van der Waals surface area (Å²) in [6.45, 7) is 2.99. The summed E-state index contributed by atoms with van der Waals surface area (Å²) in [5.74, 6) is 0. The Bertz CT molecular complexity index is 146. The molecule has 0 aromatic rings. The SMILES string of the molecule is CNC(=O)NCC1CNCCO1. The van der Waals surface area contributed by atoms with Crippen LogP contribution in [0.5, 0.6) is 0 Å². The summed E-state index contributed by atoms with van der Waals surface area (Å²) in [5.41, 5.74) is 0. The molecule has 0 aromatic heterocycles. The van der Waals surface area contributed by atoms with E-state index < -0.39 is 0 Å². The summed E-state index contributed by atoms with van der Waals surface area (Å²) in [4.78, 5) is 10.8. The highest BCUT2D eigenvalue weighted by Gasteiger charge is 2.13. The van der Waals surface area contributed by atoms with Gasteiger partial charge in [0.1, 0.15) is 0 Å². The molecule has 1 unspecified atom stereocenters. The Kier molecular flexibility index (Phi) is 3.83. The number of urea groups is 1. The van der Waals surface area contributed by atoms with Gasteiger partial charge in [-0.15, -0.1) is 0 Å². The van der Waals surface area contributed by atoms with Crippen LogP contribution in [0, 0.1) is 0 Å². The number of hydrogen-bond donors (Lipinski definition) is 3. The van der Waals surface area contributed by atoms with Crippen LogP contribution in [0.25, 0.3) is 0 Å². The first-order chi connectivity index (χ1) is 5.83. The van der Waals surface area contributed by atoms with Crippen LogP contribution in [-0.2, 0) is 4.74 Å². The van der Waals surface area contributed by atoms with Crippen LogP contribution >= 0.6 is 0 Å². The smallest absolute Gasteiger partial charge is 0.314 e. The van der Waals surface area contributed by atoms with Gasteiger partial charge in [0.05, 0.1) is 12.7 Å². The first-order valence-electron chi connectivity index (χ1n) is 4.11. The van der Waals surface area contributed by atoms with Gasteiger partial charge >= 0.3 is 6.03 Å². The molecule has 5 heteroatoms. The number of amides is 2. The minimum absolute atomic E-state index is 0.107. The zero-order valence-corrected chi connectivity index (χ0v) is 7.22. The Hall–Kier alpha value is -0.810. The van der Waals surface area contributed by atoms with E-state index >= 15 is 0 Å². The molecule has 0 aromatic carbocycles. The second-order valence-corrected chi connectivity index (χ2v) is 2.66. The molecule has 0 aliphatic carbocycles. The predicted molar refractivity (Wildman–Crippen MR) is 45.1 cm³/mol. The fourth-order valence-corrected chi connectivity index (χ4v) is 1.05. The Morgan fingerprint density at radius 2 is 2.58 bits per heavy atom. The molecule has 1 aliphatic heterocycles. The minimum atomic E-state index is -0.163. The van der Waals surface area contributed by atoms with Crippen LogP contribution in [0.1, 0.15) is 0 Å². The quantitative estimate of drug-likeness (QED) is 0.497. The molecule has 2 amide bonds. The average Bonchev–Trinajstić information content (AvgIpc) is 2.16. The van der Waals surface area contributed by atoms with Crippen LogP contribution in [0.3, 0.4) is 0 Å². The van der Waals surface area contributed by atoms with Gasteiger partial charge in [0.25, 0.3) is 0 Å². The molecule has 1 fully saturated rings. The molecule has 70 valence electrons. The van der Waals surface area contributed by atoms with Gasteiger partial charge in [-0.1, -0.05) is 0 Å². The highest BCUT2D eigenvalue weighted by Crippen LogP contribution is 1.93. The zero-order chi connectivity index (χ0) is 8.81. The highest BCUT2D eigenvalue weighted by molar-refractivity contribution is 5.73. The van der Waals surface area contributed by atoms with Crippen LogP contribution in [-0.4, -0.2) is 45.4 Å². The van der Waals surface area contributed by atoms with Crippen molar-refractivity contribution < 1.29 is 9.53 Å². The summed E-state index contributed by atoms with van der Waals surface area (Å²) in [6.07, 6.45) is 0.107. The zero-order valence-electron chi connectivity index (χ0n) is 7.22. The molecule has 1 heterocycles. The van der Waals surface area contributed by atoms with Gasteiger partial charge < -0.3 is 20.7 Å². The number of hydrogen-bond acceptors (Lipinski definition) is 3. The Morgan fingerprint density at radius 3 is 3.17 bits per heavy atom. The van der Waals surface area contributed by atoms with Crippen molar-refractivity contribution in [2.24, 2.45) is 0 Å². The molecule has 3 N–H and O–H groups in total. The summed E-state index contributed by atoms with van der Waals surface area (Å²) in [7, 11) is 1.59. The third-order valence-electron chi connectivity index (χ3n) is 1.72. The lowest BCUT2D eigenvalue weighted by Gasteiger charge is -2.23. The van der Waals surface area contributed by atoms with Gasteiger partial charge in [0, 0.05) is 26.7 Å². The molecule has 1 aliphatic rings. The van der Waals surface area contributed by atoms with Crippen LogP contribution in [0.4, 0.5) is 4.79 Å². The molecule has 0 radical (unpaired) electrons. The van der Waals surface area contributed by atoms with E-state index in [1.165, 1.54) is 0 Å². The Labute approximate surface area is 71.8 Å². The molecule has 5 nitrogen and oxygen atoms in total. The summed E-state index contributed by atoms with van der Waals surface area (Å²) in [5, 5.41) is 8.35. The lowest BCUT2D eigenvalue weighted by molar-refractivity contribution is 0.0308. The Morgan fingerprint density at radius 1 is 1.75 bits per heavy atom. The van der Waals surface area contributed by atoms with E-state index in [0.717, 1.165) is 19.7 Å². The van der Waals surface area contributed by atoms with Crippen LogP contribution in [0.2, 0.25) is 0 Å². The van der Waals surface area contributed by atoms with E-state index in [2.05, 4.69) is 16.0 Å². The maximum absolute atomic E-state index is 10.8. The summed E-state index contributed by atoms with van der Waals surface area (Å²) >= 11 is 0. The molecule has 1 atom stereocenters. The molecule has 0 bridgehead atoms. The second-order valence-electron chi connectivity index (χ2n) is 2.66. The van der Waals surface area contributed by atoms with Crippen molar-refractivity contribution >= 4 is 6.03 Å². The third kappa shape index (κ3) is 3.06. The summed E-state index contributed by atoms with van der Waals surface area (Å²) in [6, 6.07) is -0.163. The normalized spacial score (nSPS) is 23.2. The predicted octanol–water partition coefficient (Wildman–Crippen LogP) is -1.10. The lowest BCUT2D eigenvalue weighted by atomic mass is 10.3. The fourth-order valence-electron chi connectivity index (χ4n) is 1.05. The molecule has 12 heavy (non-hydrogen) atoms. The highest BCUT2D eigenvalue weighted by atomic mass is 16.5. The summed E-state index contributed by atoms with van der Waals surface area (Å²) < 4.78 is 5.37. The van der Waals surface area contributed by atoms with Crippen molar-refractivity contribution in [1.29, 1.82) is 0 Å². The second kappa shape index (κ2) is 4.95. The van der Waals surface area contributed by atoms with E-state index in [1.807, 2.05) is 0 Å². The standard InChI is InChI=1S/C7H15N3O2/c1-8-7(11)10-5-6-4-9-2-3-12-6/h6,9H,2-5H2,1H3,(H2,8,10,11). The monoisotopic (exact) mass is 173 g/mol. The van der Waals surface area contributed by atoms with Crippen molar-refractivity contribution in [2.45, 2.75) is 6.10 Å². The van der Waals surface area contributed by atoms with Gasteiger partial charge in [0.15, 0.2) is 0 Å². The van der Waals surface area contributed by atoms with Gasteiger partial charge in [-0.25, -0.2) is 4.79 Å². The lowest BCUT2D eigenvalue weighted by Crippen LogP contribution is -2.46. The molecule has 0 saturated carbocycles. The molecular weight excluding hydrogens is 158 g/mol. The number of morpholine rings is 1. The Balaban J connectivity index is 2.09. The number of rotatable bonds is 2. The minimum Gasteiger partial charge on any atom is -0.374 e. The van der Waals surface area contributed by atoms with Gasteiger partial charge in [-0.2, -0.15) is 0 Å². The topological polar surface area (TPSA) is 62.4 Å². The molecule has 1 saturated heterocycles. The molecule has 0 spiro atoms. The fraction of sp³-hybridized carbons (Fsp3) is 0.857.